The number of ether oxygens (including phenoxy) is 2. The molecule has 0 aliphatic carbocycles. The molecule has 0 radical (unpaired) electrons. The van der Waals surface area contributed by atoms with Gasteiger partial charge in [0.05, 0.1) is 6.61 Å². The molecule has 0 aromatic rings. The van der Waals surface area contributed by atoms with Crippen LogP contribution in [0.5, 0.6) is 0 Å². The summed E-state index contributed by atoms with van der Waals surface area (Å²) in [7, 11) is 0. The summed E-state index contributed by atoms with van der Waals surface area (Å²) in [6.45, 7) is 2.50. The second-order valence-corrected chi connectivity index (χ2v) is 4.59. The van der Waals surface area contributed by atoms with Gasteiger partial charge in [-0.05, 0) is 13.0 Å². The highest BCUT2D eigenvalue weighted by Crippen LogP contribution is 2.45. The SMILES string of the molecule is FC(F)(F)[C@@H]1OC[C@]2(CN3CC[C@@H]2C3)O1. The zero-order chi connectivity index (χ0) is 10.7. The Balaban J connectivity index is 1.76. The van der Waals surface area contributed by atoms with Gasteiger partial charge in [-0.1, -0.05) is 0 Å². The minimum Gasteiger partial charge on any atom is -0.342 e. The predicted molar refractivity (Wildman–Crippen MR) is 44.2 cm³/mol. The van der Waals surface area contributed by atoms with Crippen molar-refractivity contribution in [3.63, 3.8) is 0 Å². The Morgan fingerprint density at radius 2 is 2.13 bits per heavy atom. The van der Waals surface area contributed by atoms with Crippen LogP contribution in [0, 0.1) is 5.92 Å². The Kier molecular flexibility index (Phi) is 1.88. The van der Waals surface area contributed by atoms with Gasteiger partial charge in [0.2, 0.25) is 0 Å². The molecule has 0 aromatic heterocycles. The molecular formula is C9H12F3NO2. The van der Waals surface area contributed by atoms with Gasteiger partial charge in [-0.3, -0.25) is 4.90 Å². The second kappa shape index (κ2) is 2.87. The van der Waals surface area contributed by atoms with Crippen LogP contribution in [0.4, 0.5) is 13.2 Å². The number of fused-ring (bicyclic) bond motifs is 3. The van der Waals surface area contributed by atoms with Crippen LogP contribution < -0.4 is 0 Å². The standard InChI is InChI=1S/C9H12F3NO2/c10-9(11,12)7-14-5-8(15-7)4-13-2-1-6(8)3-13/h6-7H,1-5H2/t6-,7-,8+/m1/s1. The van der Waals surface area contributed by atoms with E-state index in [4.69, 9.17) is 9.47 Å². The van der Waals surface area contributed by atoms with Gasteiger partial charge in [0, 0.05) is 19.0 Å². The molecule has 2 bridgehead atoms. The maximum Gasteiger partial charge on any atom is 0.440 e. The van der Waals surface area contributed by atoms with Crippen molar-refractivity contribution in [2.75, 3.05) is 26.2 Å². The van der Waals surface area contributed by atoms with Gasteiger partial charge in [-0.25, -0.2) is 0 Å². The molecule has 15 heavy (non-hydrogen) atoms. The molecule has 3 heterocycles. The summed E-state index contributed by atoms with van der Waals surface area (Å²) in [4.78, 5) is 2.15. The molecule has 4 atom stereocenters. The van der Waals surface area contributed by atoms with E-state index in [1.807, 2.05) is 0 Å². The van der Waals surface area contributed by atoms with E-state index < -0.39 is 18.1 Å². The monoisotopic (exact) mass is 223 g/mol. The average molecular weight is 223 g/mol. The van der Waals surface area contributed by atoms with Crippen molar-refractivity contribution in [1.29, 1.82) is 0 Å². The van der Waals surface area contributed by atoms with Gasteiger partial charge >= 0.3 is 6.18 Å². The van der Waals surface area contributed by atoms with Crippen LogP contribution in [0.1, 0.15) is 6.42 Å². The predicted octanol–water partition coefficient (Wildman–Crippen LogP) is 0.996. The number of hydrogen-bond donors (Lipinski definition) is 0. The van der Waals surface area contributed by atoms with Crippen LogP contribution in [0.3, 0.4) is 0 Å². The van der Waals surface area contributed by atoms with Crippen LogP contribution in [0.15, 0.2) is 0 Å². The summed E-state index contributed by atoms with van der Waals surface area (Å²) in [6.07, 6.45) is -5.49. The largest absolute Gasteiger partial charge is 0.440 e. The fourth-order valence-corrected chi connectivity index (χ4v) is 2.87. The van der Waals surface area contributed by atoms with Gasteiger partial charge < -0.3 is 9.47 Å². The lowest BCUT2D eigenvalue weighted by Crippen LogP contribution is -2.46. The third-order valence-electron chi connectivity index (χ3n) is 3.60. The molecule has 0 aromatic carbocycles. The summed E-state index contributed by atoms with van der Waals surface area (Å²) < 4.78 is 47.0. The first-order valence-electron chi connectivity index (χ1n) is 5.08. The molecule has 3 aliphatic rings. The van der Waals surface area contributed by atoms with Crippen LogP contribution in [0.25, 0.3) is 0 Å². The van der Waals surface area contributed by atoms with E-state index in [0.29, 0.717) is 6.54 Å². The first-order valence-corrected chi connectivity index (χ1v) is 5.08. The topological polar surface area (TPSA) is 21.7 Å². The van der Waals surface area contributed by atoms with Crippen molar-refractivity contribution >= 4 is 0 Å². The zero-order valence-corrected chi connectivity index (χ0v) is 8.09. The van der Waals surface area contributed by atoms with Gasteiger partial charge in [-0.15, -0.1) is 0 Å². The number of halogens is 3. The van der Waals surface area contributed by atoms with E-state index in [1.54, 1.807) is 0 Å². The maximum atomic E-state index is 12.4. The van der Waals surface area contributed by atoms with Crippen LogP contribution in [-0.2, 0) is 9.47 Å². The van der Waals surface area contributed by atoms with E-state index in [2.05, 4.69) is 4.90 Å². The van der Waals surface area contributed by atoms with Crippen molar-refractivity contribution < 1.29 is 22.6 Å². The molecule has 3 fully saturated rings. The maximum absolute atomic E-state index is 12.4. The Morgan fingerprint density at radius 1 is 1.33 bits per heavy atom. The minimum absolute atomic E-state index is 0.0817. The Labute approximate surface area is 85.1 Å². The van der Waals surface area contributed by atoms with Gasteiger partial charge in [0.1, 0.15) is 5.60 Å². The second-order valence-electron chi connectivity index (χ2n) is 4.59. The Bertz CT molecular complexity index is 283. The van der Waals surface area contributed by atoms with Crippen LogP contribution >= 0.6 is 0 Å². The normalized spacial score (nSPS) is 49.4. The molecule has 0 saturated carbocycles. The summed E-state index contributed by atoms with van der Waals surface area (Å²) in [5.41, 5.74) is -0.682. The van der Waals surface area contributed by atoms with Crippen molar-refractivity contribution in [3.8, 4) is 0 Å². The summed E-state index contributed by atoms with van der Waals surface area (Å²) in [5, 5.41) is 0. The van der Waals surface area contributed by atoms with Crippen molar-refractivity contribution in [2.45, 2.75) is 24.5 Å². The van der Waals surface area contributed by atoms with E-state index in [1.165, 1.54) is 0 Å². The number of rotatable bonds is 0. The third-order valence-corrected chi connectivity index (χ3v) is 3.60. The van der Waals surface area contributed by atoms with E-state index in [-0.39, 0.29) is 12.5 Å². The molecule has 1 spiro atoms. The molecule has 86 valence electrons. The number of nitrogens with zero attached hydrogens (tertiary/aromatic N) is 1. The van der Waals surface area contributed by atoms with Gasteiger partial charge in [-0.2, -0.15) is 13.2 Å². The molecular weight excluding hydrogens is 211 g/mol. The molecule has 0 N–H and O–H groups in total. The molecule has 3 rings (SSSR count). The average Bonchev–Trinajstić information content (AvgIpc) is 2.78. The fraction of sp³-hybridized carbons (Fsp3) is 1.00. The summed E-state index contributed by atoms with van der Waals surface area (Å²) in [6, 6.07) is 0. The highest BCUT2D eigenvalue weighted by atomic mass is 19.4. The molecule has 3 saturated heterocycles. The fourth-order valence-electron chi connectivity index (χ4n) is 2.87. The van der Waals surface area contributed by atoms with E-state index in [0.717, 1.165) is 19.5 Å². The van der Waals surface area contributed by atoms with Crippen LogP contribution in [0.2, 0.25) is 0 Å². The minimum atomic E-state index is -4.40. The molecule has 3 nitrogen and oxygen atoms in total. The Hall–Kier alpha value is -0.330. The molecule has 6 heteroatoms. The lowest BCUT2D eigenvalue weighted by atomic mass is 9.88. The zero-order valence-electron chi connectivity index (χ0n) is 8.09. The number of alkyl halides is 3. The highest BCUT2D eigenvalue weighted by Gasteiger charge is 2.60. The molecule has 1 unspecified atom stereocenters. The quantitative estimate of drug-likeness (QED) is 0.611. The molecule has 3 aliphatic heterocycles. The summed E-state index contributed by atoms with van der Waals surface area (Å²) in [5.74, 6) is 0.213. The number of piperidine rings is 1. The van der Waals surface area contributed by atoms with Gasteiger partial charge in [0.25, 0.3) is 6.29 Å². The number of hydrogen-bond acceptors (Lipinski definition) is 3. The highest BCUT2D eigenvalue weighted by molar-refractivity contribution is 5.05. The third kappa shape index (κ3) is 1.38. The molecule has 0 amide bonds. The van der Waals surface area contributed by atoms with Crippen molar-refractivity contribution in [2.24, 2.45) is 5.92 Å². The van der Waals surface area contributed by atoms with Crippen molar-refractivity contribution in [3.05, 3.63) is 0 Å². The lowest BCUT2D eigenvalue weighted by molar-refractivity contribution is -0.286. The lowest BCUT2D eigenvalue weighted by Gasteiger charge is -2.31. The van der Waals surface area contributed by atoms with E-state index >= 15 is 0 Å². The van der Waals surface area contributed by atoms with Crippen LogP contribution in [-0.4, -0.2) is 49.2 Å². The van der Waals surface area contributed by atoms with Gasteiger partial charge in [0.15, 0.2) is 0 Å². The van der Waals surface area contributed by atoms with E-state index in [9.17, 15) is 13.2 Å². The smallest absolute Gasteiger partial charge is 0.342 e. The Morgan fingerprint density at radius 3 is 2.60 bits per heavy atom. The first-order chi connectivity index (χ1) is 7.00. The first kappa shape index (κ1) is 9.86. The summed E-state index contributed by atoms with van der Waals surface area (Å²) >= 11 is 0. The van der Waals surface area contributed by atoms with Crippen molar-refractivity contribution in [1.82, 2.24) is 4.90 Å².